The van der Waals surface area contributed by atoms with Gasteiger partial charge in [-0.15, -0.1) is 0 Å². The Morgan fingerprint density at radius 3 is 2.71 bits per heavy atom. The molecule has 0 radical (unpaired) electrons. The number of amides is 2. The predicted molar refractivity (Wildman–Crippen MR) is 111 cm³/mol. The van der Waals surface area contributed by atoms with E-state index in [4.69, 9.17) is 0 Å². The molecule has 2 amide bonds. The molecule has 1 aliphatic carbocycles. The maximum atomic E-state index is 13.1. The van der Waals surface area contributed by atoms with E-state index < -0.39 is 10.8 Å². The summed E-state index contributed by atoms with van der Waals surface area (Å²) in [6.07, 6.45) is 3.96. The SMILES string of the molecule is CC(=O)Nc1nc(C)c(-c2cc3c(c([S@@](C)=O)c2)C(=O)N([C@@H](C)C2CC2)C3)s1. The van der Waals surface area contributed by atoms with Crippen molar-refractivity contribution in [1.82, 2.24) is 9.88 Å². The Labute approximate surface area is 170 Å². The summed E-state index contributed by atoms with van der Waals surface area (Å²) < 4.78 is 12.5. The molecule has 2 atom stereocenters. The summed E-state index contributed by atoms with van der Waals surface area (Å²) in [6.45, 7) is 6.00. The fourth-order valence-corrected chi connectivity index (χ4v) is 5.63. The Morgan fingerprint density at radius 2 is 2.11 bits per heavy atom. The molecule has 2 aromatic rings. The fourth-order valence-electron chi connectivity index (χ4n) is 3.83. The number of nitrogens with one attached hydrogen (secondary N) is 1. The van der Waals surface area contributed by atoms with Gasteiger partial charge < -0.3 is 10.2 Å². The van der Waals surface area contributed by atoms with Crippen LogP contribution in [-0.4, -0.2) is 38.2 Å². The minimum absolute atomic E-state index is 0.00823. The smallest absolute Gasteiger partial charge is 0.255 e. The Bertz CT molecular complexity index is 1010. The molecule has 1 aromatic carbocycles. The van der Waals surface area contributed by atoms with E-state index in [0.717, 1.165) is 21.7 Å². The lowest BCUT2D eigenvalue weighted by Crippen LogP contribution is -2.34. The van der Waals surface area contributed by atoms with Crippen molar-refractivity contribution in [2.24, 2.45) is 5.92 Å². The molecule has 0 saturated heterocycles. The van der Waals surface area contributed by atoms with Crippen LogP contribution in [0, 0.1) is 12.8 Å². The maximum Gasteiger partial charge on any atom is 0.255 e. The molecule has 1 N–H and O–H groups in total. The maximum absolute atomic E-state index is 13.1. The van der Waals surface area contributed by atoms with Crippen LogP contribution in [0.5, 0.6) is 0 Å². The van der Waals surface area contributed by atoms with Crippen LogP contribution in [0.1, 0.15) is 48.3 Å². The van der Waals surface area contributed by atoms with Crippen LogP contribution in [0.15, 0.2) is 17.0 Å². The second-order valence-electron chi connectivity index (χ2n) is 7.59. The van der Waals surface area contributed by atoms with Crippen LogP contribution < -0.4 is 5.32 Å². The van der Waals surface area contributed by atoms with E-state index in [9.17, 15) is 13.8 Å². The van der Waals surface area contributed by atoms with E-state index in [1.54, 1.807) is 6.26 Å². The summed E-state index contributed by atoms with van der Waals surface area (Å²) in [5.41, 5.74) is 3.22. The molecule has 2 heterocycles. The van der Waals surface area contributed by atoms with E-state index >= 15 is 0 Å². The second-order valence-corrected chi connectivity index (χ2v) is 9.94. The van der Waals surface area contributed by atoms with Crippen molar-refractivity contribution in [3.63, 3.8) is 0 Å². The number of carbonyl (C=O) groups is 2. The molecule has 0 unspecified atom stereocenters. The Balaban J connectivity index is 1.77. The molecular formula is C20H23N3O3S2. The van der Waals surface area contributed by atoms with Crippen molar-refractivity contribution in [2.45, 2.75) is 51.1 Å². The van der Waals surface area contributed by atoms with Crippen LogP contribution in [0.25, 0.3) is 10.4 Å². The molecule has 4 rings (SSSR count). The lowest BCUT2D eigenvalue weighted by atomic mass is 10.0. The molecule has 28 heavy (non-hydrogen) atoms. The van der Waals surface area contributed by atoms with Gasteiger partial charge in [-0.3, -0.25) is 13.8 Å². The number of aryl methyl sites for hydroxylation is 1. The highest BCUT2D eigenvalue weighted by Crippen LogP contribution is 2.41. The summed E-state index contributed by atoms with van der Waals surface area (Å²) in [6, 6.07) is 4.07. The largest absolute Gasteiger partial charge is 0.331 e. The van der Waals surface area contributed by atoms with Crippen molar-refractivity contribution in [2.75, 3.05) is 11.6 Å². The number of carbonyl (C=O) groups excluding carboxylic acids is 2. The highest BCUT2D eigenvalue weighted by molar-refractivity contribution is 7.84. The first kappa shape index (κ1) is 19.3. The van der Waals surface area contributed by atoms with Gasteiger partial charge in [0.15, 0.2) is 5.13 Å². The molecule has 1 aliphatic heterocycles. The van der Waals surface area contributed by atoms with E-state index in [1.807, 2.05) is 24.0 Å². The zero-order valence-corrected chi connectivity index (χ0v) is 18.0. The molecule has 1 fully saturated rings. The normalized spacial score (nSPS) is 18.1. The Morgan fingerprint density at radius 1 is 1.39 bits per heavy atom. The summed E-state index contributed by atoms with van der Waals surface area (Å²) in [5.74, 6) is 0.406. The highest BCUT2D eigenvalue weighted by Gasteiger charge is 2.40. The third-order valence-corrected chi connectivity index (χ3v) is 7.51. The monoisotopic (exact) mass is 417 g/mol. The van der Waals surface area contributed by atoms with Crippen LogP contribution in [-0.2, 0) is 22.1 Å². The summed E-state index contributed by atoms with van der Waals surface area (Å²) in [4.78, 5) is 32.2. The average molecular weight is 418 g/mol. The quantitative estimate of drug-likeness (QED) is 0.807. The van der Waals surface area contributed by atoms with Gasteiger partial charge >= 0.3 is 0 Å². The number of anilines is 1. The van der Waals surface area contributed by atoms with Crippen molar-refractivity contribution in [3.8, 4) is 10.4 Å². The van der Waals surface area contributed by atoms with Gasteiger partial charge in [0.25, 0.3) is 5.91 Å². The van der Waals surface area contributed by atoms with Gasteiger partial charge in [-0.2, -0.15) is 0 Å². The van der Waals surface area contributed by atoms with Crippen LogP contribution in [0.2, 0.25) is 0 Å². The number of rotatable bonds is 5. The molecule has 8 heteroatoms. The third-order valence-electron chi connectivity index (χ3n) is 5.45. The number of nitrogens with zero attached hydrogens (tertiary/aromatic N) is 2. The molecular weight excluding hydrogens is 394 g/mol. The van der Waals surface area contributed by atoms with Crippen LogP contribution >= 0.6 is 11.3 Å². The van der Waals surface area contributed by atoms with Gasteiger partial charge in [0.1, 0.15) is 0 Å². The number of benzene rings is 1. The topological polar surface area (TPSA) is 79.4 Å². The second kappa shape index (κ2) is 7.08. The van der Waals surface area contributed by atoms with Gasteiger partial charge in [-0.25, -0.2) is 4.98 Å². The summed E-state index contributed by atoms with van der Waals surface area (Å²) >= 11 is 1.39. The minimum atomic E-state index is -1.28. The van der Waals surface area contributed by atoms with Gasteiger partial charge in [0.2, 0.25) is 5.91 Å². The average Bonchev–Trinajstić information content (AvgIpc) is 3.33. The Kier molecular flexibility index (Phi) is 4.87. The molecule has 148 valence electrons. The number of hydrogen-bond acceptors (Lipinski definition) is 5. The van der Waals surface area contributed by atoms with E-state index in [1.165, 1.54) is 31.1 Å². The Hall–Kier alpha value is -2.06. The van der Waals surface area contributed by atoms with Crippen molar-refractivity contribution in [3.05, 3.63) is 29.0 Å². The zero-order valence-electron chi connectivity index (χ0n) is 16.4. The first-order valence-corrected chi connectivity index (χ1v) is 11.7. The van der Waals surface area contributed by atoms with Gasteiger partial charge in [0.05, 0.1) is 31.8 Å². The number of hydrogen-bond donors (Lipinski definition) is 1. The zero-order chi connectivity index (χ0) is 20.2. The number of fused-ring (bicyclic) bond motifs is 1. The summed E-state index contributed by atoms with van der Waals surface area (Å²) in [7, 11) is -1.28. The predicted octanol–water partition coefficient (Wildman–Crippen LogP) is 3.57. The molecule has 1 aromatic heterocycles. The van der Waals surface area contributed by atoms with Crippen LogP contribution in [0.3, 0.4) is 0 Å². The van der Waals surface area contributed by atoms with Crippen molar-refractivity contribution in [1.29, 1.82) is 0 Å². The standard InChI is InChI=1S/C20H23N3O3S2/c1-10-18(27-20(21-10)22-12(3)24)14-7-15-9-23(11(2)13-5-6-13)19(25)17(15)16(8-14)28(4)26/h7-8,11,13H,5-6,9H2,1-4H3,(H,21,22,24)/t11-,28+/m0/s1. The van der Waals surface area contributed by atoms with E-state index in [2.05, 4.69) is 17.2 Å². The molecule has 0 spiro atoms. The summed E-state index contributed by atoms with van der Waals surface area (Å²) in [5, 5.41) is 3.26. The van der Waals surface area contributed by atoms with Crippen molar-refractivity contribution < 1.29 is 13.8 Å². The van der Waals surface area contributed by atoms with Gasteiger partial charge in [-0.05, 0) is 55.9 Å². The lowest BCUT2D eigenvalue weighted by molar-refractivity contribution is -0.114. The molecule has 1 saturated carbocycles. The molecule has 6 nitrogen and oxygen atoms in total. The molecule has 0 bridgehead atoms. The van der Waals surface area contributed by atoms with E-state index in [0.29, 0.717) is 28.1 Å². The van der Waals surface area contributed by atoms with E-state index in [-0.39, 0.29) is 17.9 Å². The number of thiazole rings is 1. The third kappa shape index (κ3) is 3.39. The first-order chi connectivity index (χ1) is 13.3. The van der Waals surface area contributed by atoms with Gasteiger partial charge in [-0.1, -0.05) is 11.3 Å². The first-order valence-electron chi connectivity index (χ1n) is 9.33. The molecule has 2 aliphatic rings. The minimum Gasteiger partial charge on any atom is -0.331 e. The fraction of sp³-hybridized carbons (Fsp3) is 0.450. The number of aromatic nitrogens is 1. The highest BCUT2D eigenvalue weighted by atomic mass is 32.2. The van der Waals surface area contributed by atoms with Crippen LogP contribution in [0.4, 0.5) is 5.13 Å². The van der Waals surface area contributed by atoms with Gasteiger partial charge in [0, 0.05) is 25.8 Å². The lowest BCUT2D eigenvalue weighted by Gasteiger charge is -2.24. The van der Waals surface area contributed by atoms with Crippen molar-refractivity contribution >= 4 is 39.1 Å².